The second-order valence-electron chi connectivity index (χ2n) is 4.30. The number of nitrogens with zero attached hydrogens (tertiary/aromatic N) is 2. The van der Waals surface area contributed by atoms with Crippen LogP contribution in [0.4, 0.5) is 5.69 Å². The van der Waals surface area contributed by atoms with E-state index < -0.39 is 0 Å². The van der Waals surface area contributed by atoms with Crippen LogP contribution in [-0.2, 0) is 6.54 Å². The van der Waals surface area contributed by atoms with Gasteiger partial charge in [0.15, 0.2) is 0 Å². The summed E-state index contributed by atoms with van der Waals surface area (Å²) in [4.78, 5) is 8.91. The standard InChI is InChI=1S/C15H11Cl2N3/c16-11-4-3-7-14(15(11)17)19-9-10-8-18-12-5-1-2-6-13(12)20-10/h1-8,19H,9H2. The van der Waals surface area contributed by atoms with Gasteiger partial charge in [-0.25, -0.2) is 4.98 Å². The average molecular weight is 304 g/mol. The summed E-state index contributed by atoms with van der Waals surface area (Å²) >= 11 is 12.1. The summed E-state index contributed by atoms with van der Waals surface area (Å²) in [5.41, 5.74) is 3.40. The molecule has 0 spiro atoms. The average Bonchev–Trinajstić information content (AvgIpc) is 2.48. The van der Waals surface area contributed by atoms with E-state index in [9.17, 15) is 0 Å². The van der Waals surface area contributed by atoms with Gasteiger partial charge in [-0.05, 0) is 24.3 Å². The SMILES string of the molecule is Clc1cccc(NCc2cnc3ccccc3n2)c1Cl. The molecule has 3 rings (SSSR count). The molecule has 0 aliphatic heterocycles. The lowest BCUT2D eigenvalue weighted by Gasteiger charge is -2.09. The number of rotatable bonds is 3. The Balaban J connectivity index is 1.81. The first-order valence-corrected chi connectivity index (χ1v) is 6.88. The smallest absolute Gasteiger partial charge is 0.0890 e. The van der Waals surface area contributed by atoms with Gasteiger partial charge in [0.1, 0.15) is 0 Å². The van der Waals surface area contributed by atoms with Crippen LogP contribution in [-0.4, -0.2) is 9.97 Å². The summed E-state index contributed by atoms with van der Waals surface area (Å²) in [5.74, 6) is 0. The Bertz CT molecular complexity index is 759. The van der Waals surface area contributed by atoms with Gasteiger partial charge in [-0.15, -0.1) is 0 Å². The van der Waals surface area contributed by atoms with Crippen molar-refractivity contribution in [1.82, 2.24) is 9.97 Å². The molecule has 0 saturated heterocycles. The number of benzene rings is 2. The van der Waals surface area contributed by atoms with Crippen LogP contribution in [0.3, 0.4) is 0 Å². The molecule has 2 aromatic carbocycles. The normalized spacial score (nSPS) is 10.7. The molecule has 1 aromatic heterocycles. The fraction of sp³-hybridized carbons (Fsp3) is 0.0667. The highest BCUT2D eigenvalue weighted by Gasteiger charge is 2.05. The van der Waals surface area contributed by atoms with E-state index in [1.807, 2.05) is 36.4 Å². The van der Waals surface area contributed by atoms with E-state index in [2.05, 4.69) is 15.3 Å². The van der Waals surface area contributed by atoms with Crippen molar-refractivity contribution >= 4 is 39.9 Å². The lowest BCUT2D eigenvalue weighted by Crippen LogP contribution is -2.03. The number of hydrogen-bond donors (Lipinski definition) is 1. The van der Waals surface area contributed by atoms with Crippen molar-refractivity contribution in [2.24, 2.45) is 0 Å². The molecule has 5 heteroatoms. The van der Waals surface area contributed by atoms with Crippen molar-refractivity contribution in [2.75, 3.05) is 5.32 Å². The summed E-state index contributed by atoms with van der Waals surface area (Å²) in [6, 6.07) is 13.3. The molecule has 0 radical (unpaired) electrons. The second kappa shape index (κ2) is 5.65. The third kappa shape index (κ3) is 2.69. The van der Waals surface area contributed by atoms with Crippen LogP contribution in [0.2, 0.25) is 10.0 Å². The molecule has 0 aliphatic rings. The fourth-order valence-corrected chi connectivity index (χ4v) is 2.27. The second-order valence-corrected chi connectivity index (χ2v) is 5.09. The summed E-state index contributed by atoms with van der Waals surface area (Å²) in [6.45, 7) is 0.540. The molecule has 0 unspecified atom stereocenters. The Hall–Kier alpha value is -1.84. The third-order valence-corrected chi connectivity index (χ3v) is 3.73. The minimum Gasteiger partial charge on any atom is -0.378 e. The molecule has 0 atom stereocenters. The van der Waals surface area contributed by atoms with Gasteiger partial charge in [0.2, 0.25) is 0 Å². The number of halogens is 2. The summed E-state index contributed by atoms with van der Waals surface area (Å²) in [7, 11) is 0. The van der Waals surface area contributed by atoms with Gasteiger partial charge >= 0.3 is 0 Å². The predicted molar refractivity (Wildman–Crippen MR) is 83.3 cm³/mol. The number of aromatic nitrogens is 2. The minimum absolute atomic E-state index is 0.517. The fourth-order valence-electron chi connectivity index (χ4n) is 1.91. The molecule has 0 bridgehead atoms. The van der Waals surface area contributed by atoms with E-state index in [0.29, 0.717) is 16.6 Å². The maximum Gasteiger partial charge on any atom is 0.0890 e. The third-order valence-electron chi connectivity index (χ3n) is 2.91. The van der Waals surface area contributed by atoms with Crippen LogP contribution >= 0.6 is 23.2 Å². The van der Waals surface area contributed by atoms with Gasteiger partial charge in [0.25, 0.3) is 0 Å². The Morgan fingerprint density at radius 2 is 1.75 bits per heavy atom. The summed E-state index contributed by atoms with van der Waals surface area (Å²) in [5, 5.41) is 4.26. The summed E-state index contributed by atoms with van der Waals surface area (Å²) < 4.78 is 0. The van der Waals surface area contributed by atoms with Crippen molar-refractivity contribution in [2.45, 2.75) is 6.54 Å². The van der Waals surface area contributed by atoms with Gasteiger partial charge in [0, 0.05) is 0 Å². The van der Waals surface area contributed by atoms with Gasteiger partial charge in [-0.3, -0.25) is 4.98 Å². The zero-order valence-electron chi connectivity index (χ0n) is 10.5. The molecular weight excluding hydrogens is 293 g/mol. The zero-order valence-corrected chi connectivity index (χ0v) is 12.0. The number of nitrogens with one attached hydrogen (secondary N) is 1. The molecule has 0 saturated carbocycles. The number of anilines is 1. The molecule has 3 aromatic rings. The highest BCUT2D eigenvalue weighted by molar-refractivity contribution is 6.43. The number of para-hydroxylation sites is 2. The van der Waals surface area contributed by atoms with Crippen molar-refractivity contribution in [1.29, 1.82) is 0 Å². The van der Waals surface area contributed by atoms with E-state index in [-0.39, 0.29) is 0 Å². The van der Waals surface area contributed by atoms with Gasteiger partial charge in [-0.1, -0.05) is 41.4 Å². The van der Waals surface area contributed by atoms with Crippen LogP contribution in [0.5, 0.6) is 0 Å². The maximum atomic E-state index is 6.12. The molecule has 1 N–H and O–H groups in total. The summed E-state index contributed by atoms with van der Waals surface area (Å²) in [6.07, 6.45) is 1.76. The highest BCUT2D eigenvalue weighted by Crippen LogP contribution is 2.29. The van der Waals surface area contributed by atoms with Crippen molar-refractivity contribution < 1.29 is 0 Å². The largest absolute Gasteiger partial charge is 0.378 e. The van der Waals surface area contributed by atoms with E-state index >= 15 is 0 Å². The molecule has 0 fully saturated rings. The van der Waals surface area contributed by atoms with Gasteiger partial charge < -0.3 is 5.32 Å². The van der Waals surface area contributed by atoms with Crippen LogP contribution < -0.4 is 5.32 Å². The zero-order chi connectivity index (χ0) is 13.9. The topological polar surface area (TPSA) is 37.8 Å². The lowest BCUT2D eigenvalue weighted by molar-refractivity contribution is 1.04. The van der Waals surface area contributed by atoms with Crippen LogP contribution in [0.1, 0.15) is 5.69 Å². The predicted octanol–water partition coefficient (Wildman–Crippen LogP) is 4.55. The Labute approximate surface area is 126 Å². The van der Waals surface area contributed by atoms with Crippen LogP contribution in [0.15, 0.2) is 48.7 Å². The van der Waals surface area contributed by atoms with Crippen molar-refractivity contribution in [3.63, 3.8) is 0 Å². The first-order chi connectivity index (χ1) is 9.74. The molecule has 3 nitrogen and oxygen atoms in total. The van der Waals surface area contributed by atoms with E-state index in [1.165, 1.54) is 0 Å². The van der Waals surface area contributed by atoms with E-state index in [4.69, 9.17) is 23.2 Å². The minimum atomic E-state index is 0.517. The van der Waals surface area contributed by atoms with Crippen LogP contribution in [0.25, 0.3) is 11.0 Å². The molecule has 100 valence electrons. The van der Waals surface area contributed by atoms with E-state index in [0.717, 1.165) is 22.4 Å². The first-order valence-electron chi connectivity index (χ1n) is 6.12. The maximum absolute atomic E-state index is 6.12. The Morgan fingerprint density at radius 1 is 0.950 bits per heavy atom. The molecule has 20 heavy (non-hydrogen) atoms. The number of hydrogen-bond acceptors (Lipinski definition) is 3. The quantitative estimate of drug-likeness (QED) is 0.771. The van der Waals surface area contributed by atoms with Crippen molar-refractivity contribution in [3.05, 3.63) is 64.4 Å². The molecule has 0 amide bonds. The molecule has 0 aliphatic carbocycles. The molecule has 1 heterocycles. The molecular formula is C15H11Cl2N3. The van der Waals surface area contributed by atoms with Gasteiger partial charge in [0.05, 0.1) is 45.2 Å². The Kier molecular flexibility index (Phi) is 3.72. The first kappa shape index (κ1) is 13.2. The Morgan fingerprint density at radius 3 is 2.60 bits per heavy atom. The van der Waals surface area contributed by atoms with Crippen molar-refractivity contribution in [3.8, 4) is 0 Å². The number of fused-ring (bicyclic) bond motifs is 1. The van der Waals surface area contributed by atoms with Crippen LogP contribution in [0, 0.1) is 0 Å². The highest BCUT2D eigenvalue weighted by atomic mass is 35.5. The van der Waals surface area contributed by atoms with E-state index in [1.54, 1.807) is 12.3 Å². The monoisotopic (exact) mass is 303 g/mol. The van der Waals surface area contributed by atoms with Gasteiger partial charge in [-0.2, -0.15) is 0 Å². The lowest BCUT2D eigenvalue weighted by atomic mass is 10.3.